The number of nitrogens with zero attached hydrogens (tertiary/aromatic N) is 1. The molecule has 0 radical (unpaired) electrons. The van der Waals surface area contributed by atoms with E-state index >= 15 is 0 Å². The first-order chi connectivity index (χ1) is 4.33. The molecule has 1 atom stereocenters. The Balaban J connectivity index is 2.14. The molecule has 1 aliphatic heterocycles. The van der Waals surface area contributed by atoms with Gasteiger partial charge in [-0.15, -0.1) is 5.59 Å². The van der Waals surface area contributed by atoms with E-state index in [-0.39, 0.29) is 6.10 Å². The molecule has 1 heterocycles. The SMILES string of the molecule is NNOC1CCN(N)C1. The van der Waals surface area contributed by atoms with Crippen LogP contribution in [0.4, 0.5) is 0 Å². The smallest absolute Gasteiger partial charge is 0.0959 e. The Morgan fingerprint density at radius 2 is 2.44 bits per heavy atom. The molecular formula is C4H12N4O. The van der Waals surface area contributed by atoms with Crippen LogP contribution in [0.25, 0.3) is 0 Å². The summed E-state index contributed by atoms with van der Waals surface area (Å²) in [6.07, 6.45) is 1.10. The molecule has 1 unspecified atom stereocenters. The third kappa shape index (κ3) is 1.88. The van der Waals surface area contributed by atoms with Crippen molar-refractivity contribution in [2.75, 3.05) is 13.1 Å². The quantitative estimate of drug-likeness (QED) is 0.309. The molecule has 0 aromatic carbocycles. The molecule has 5 N–H and O–H groups in total. The zero-order valence-electron chi connectivity index (χ0n) is 5.21. The Morgan fingerprint density at radius 1 is 1.67 bits per heavy atom. The normalized spacial score (nSPS) is 29.3. The van der Waals surface area contributed by atoms with Crippen LogP contribution in [0.15, 0.2) is 0 Å². The molecule has 0 aromatic rings. The van der Waals surface area contributed by atoms with Crippen molar-refractivity contribution in [1.82, 2.24) is 10.6 Å². The number of hydrogen-bond acceptors (Lipinski definition) is 5. The molecule has 0 aromatic heterocycles. The summed E-state index contributed by atoms with van der Waals surface area (Å²) in [5.74, 6) is 10.4. The lowest BCUT2D eigenvalue weighted by Gasteiger charge is -2.08. The summed E-state index contributed by atoms with van der Waals surface area (Å²) in [7, 11) is 0. The van der Waals surface area contributed by atoms with Gasteiger partial charge in [-0.05, 0) is 6.42 Å². The fourth-order valence-corrected chi connectivity index (χ4v) is 0.946. The van der Waals surface area contributed by atoms with Crippen molar-refractivity contribution in [3.63, 3.8) is 0 Å². The van der Waals surface area contributed by atoms with Crippen molar-refractivity contribution >= 4 is 0 Å². The topological polar surface area (TPSA) is 76.5 Å². The second-order valence-electron chi connectivity index (χ2n) is 2.14. The van der Waals surface area contributed by atoms with Gasteiger partial charge in [0.05, 0.1) is 6.10 Å². The molecule has 5 nitrogen and oxygen atoms in total. The molecule has 5 heteroatoms. The average molecular weight is 132 g/mol. The third-order valence-corrected chi connectivity index (χ3v) is 1.41. The summed E-state index contributed by atoms with van der Waals surface area (Å²) in [6, 6.07) is 0. The predicted octanol–water partition coefficient (Wildman–Crippen LogP) is -1.67. The van der Waals surface area contributed by atoms with Crippen LogP contribution in [-0.2, 0) is 4.84 Å². The lowest BCUT2D eigenvalue weighted by molar-refractivity contribution is -0.0191. The van der Waals surface area contributed by atoms with E-state index in [9.17, 15) is 0 Å². The standard InChI is InChI=1S/C4H12N4O/c5-7-9-4-1-2-8(6)3-4/h4,7H,1-3,5-6H2. The Kier molecular flexibility index (Phi) is 2.38. The number of hydrazine groups is 2. The van der Waals surface area contributed by atoms with Crippen LogP contribution in [0.2, 0.25) is 0 Å². The second-order valence-corrected chi connectivity index (χ2v) is 2.14. The van der Waals surface area contributed by atoms with Crippen molar-refractivity contribution in [2.45, 2.75) is 12.5 Å². The van der Waals surface area contributed by atoms with E-state index in [1.54, 1.807) is 5.01 Å². The largest absolute Gasteiger partial charge is 0.282 e. The molecular weight excluding hydrogens is 120 g/mol. The summed E-state index contributed by atoms with van der Waals surface area (Å²) >= 11 is 0. The summed E-state index contributed by atoms with van der Waals surface area (Å²) in [6.45, 7) is 1.64. The maximum absolute atomic E-state index is 5.44. The van der Waals surface area contributed by atoms with Gasteiger partial charge in [0.1, 0.15) is 0 Å². The first-order valence-electron chi connectivity index (χ1n) is 2.94. The van der Waals surface area contributed by atoms with Crippen LogP contribution in [0.3, 0.4) is 0 Å². The minimum absolute atomic E-state index is 0.153. The number of nitrogens with one attached hydrogen (secondary N) is 1. The Hall–Kier alpha value is -0.200. The monoisotopic (exact) mass is 132 g/mol. The van der Waals surface area contributed by atoms with E-state index in [2.05, 4.69) is 5.59 Å². The van der Waals surface area contributed by atoms with Gasteiger partial charge in [-0.3, -0.25) is 10.7 Å². The van der Waals surface area contributed by atoms with Gasteiger partial charge in [-0.2, -0.15) is 0 Å². The van der Waals surface area contributed by atoms with Crippen LogP contribution in [0.1, 0.15) is 6.42 Å². The highest BCUT2D eigenvalue weighted by Crippen LogP contribution is 2.06. The van der Waals surface area contributed by atoms with E-state index in [1.807, 2.05) is 0 Å². The van der Waals surface area contributed by atoms with Crippen LogP contribution in [0.5, 0.6) is 0 Å². The highest BCUT2D eigenvalue weighted by molar-refractivity contribution is 4.70. The van der Waals surface area contributed by atoms with Gasteiger partial charge in [-0.1, -0.05) is 0 Å². The number of rotatable bonds is 2. The van der Waals surface area contributed by atoms with Crippen molar-refractivity contribution in [1.29, 1.82) is 0 Å². The lowest BCUT2D eigenvalue weighted by atomic mass is 10.3. The Labute approximate surface area is 53.8 Å². The summed E-state index contributed by atoms with van der Waals surface area (Å²) < 4.78 is 0. The van der Waals surface area contributed by atoms with Gasteiger partial charge in [0, 0.05) is 13.1 Å². The van der Waals surface area contributed by atoms with Crippen molar-refractivity contribution in [3.05, 3.63) is 0 Å². The fraction of sp³-hybridized carbons (Fsp3) is 1.00. The zero-order valence-corrected chi connectivity index (χ0v) is 5.21. The molecule has 0 saturated carbocycles. The van der Waals surface area contributed by atoms with Crippen LogP contribution >= 0.6 is 0 Å². The summed E-state index contributed by atoms with van der Waals surface area (Å²) in [4.78, 5) is 4.88. The summed E-state index contributed by atoms with van der Waals surface area (Å²) in [5.41, 5.74) is 2.15. The lowest BCUT2D eigenvalue weighted by Crippen LogP contribution is -2.33. The molecule has 54 valence electrons. The van der Waals surface area contributed by atoms with Gasteiger partial charge < -0.3 is 0 Å². The van der Waals surface area contributed by atoms with Crippen molar-refractivity contribution < 1.29 is 4.84 Å². The minimum atomic E-state index is 0.153. The average Bonchev–Trinajstić information content (AvgIpc) is 2.17. The van der Waals surface area contributed by atoms with Gasteiger partial charge in [0.2, 0.25) is 0 Å². The molecule has 1 fully saturated rings. The molecule has 0 amide bonds. The van der Waals surface area contributed by atoms with Crippen LogP contribution in [-0.4, -0.2) is 24.2 Å². The highest BCUT2D eigenvalue weighted by Gasteiger charge is 2.19. The predicted molar refractivity (Wildman–Crippen MR) is 32.6 cm³/mol. The van der Waals surface area contributed by atoms with E-state index in [0.717, 1.165) is 19.5 Å². The van der Waals surface area contributed by atoms with Crippen LogP contribution < -0.4 is 17.3 Å². The van der Waals surface area contributed by atoms with E-state index < -0.39 is 0 Å². The second kappa shape index (κ2) is 3.09. The van der Waals surface area contributed by atoms with Crippen LogP contribution in [0, 0.1) is 0 Å². The van der Waals surface area contributed by atoms with E-state index in [1.165, 1.54) is 0 Å². The fourth-order valence-electron chi connectivity index (χ4n) is 0.946. The first-order valence-corrected chi connectivity index (χ1v) is 2.94. The molecule has 9 heavy (non-hydrogen) atoms. The van der Waals surface area contributed by atoms with E-state index in [4.69, 9.17) is 16.5 Å². The van der Waals surface area contributed by atoms with Gasteiger partial charge in [0.15, 0.2) is 0 Å². The van der Waals surface area contributed by atoms with Gasteiger partial charge >= 0.3 is 0 Å². The molecule has 0 spiro atoms. The Bertz CT molecular complexity index is 86.6. The number of nitrogens with two attached hydrogens (primary N) is 2. The molecule has 1 saturated heterocycles. The number of hydrogen-bond donors (Lipinski definition) is 3. The first kappa shape index (κ1) is 6.91. The van der Waals surface area contributed by atoms with E-state index in [0.29, 0.717) is 0 Å². The molecule has 1 aliphatic rings. The maximum atomic E-state index is 5.44. The van der Waals surface area contributed by atoms with Crippen molar-refractivity contribution in [3.8, 4) is 0 Å². The van der Waals surface area contributed by atoms with Gasteiger partial charge in [0.25, 0.3) is 0 Å². The molecule has 0 bridgehead atoms. The van der Waals surface area contributed by atoms with Gasteiger partial charge in [-0.25, -0.2) is 10.9 Å². The molecule has 1 rings (SSSR count). The molecule has 0 aliphatic carbocycles. The minimum Gasteiger partial charge on any atom is -0.282 e. The summed E-state index contributed by atoms with van der Waals surface area (Å²) in [5, 5.41) is 1.71. The zero-order chi connectivity index (χ0) is 6.69. The van der Waals surface area contributed by atoms with Crippen molar-refractivity contribution in [2.24, 2.45) is 11.7 Å². The maximum Gasteiger partial charge on any atom is 0.0959 e. The highest BCUT2D eigenvalue weighted by atomic mass is 16.7. The Morgan fingerprint density at radius 3 is 2.89 bits per heavy atom. The third-order valence-electron chi connectivity index (χ3n) is 1.41.